The number of carbonyl (C=O) groups excluding carboxylic acids is 1. The highest BCUT2D eigenvalue weighted by Gasteiger charge is 2.62. The molecular weight excluding hydrogens is 330 g/mol. The minimum Gasteiger partial charge on any atom is -0.480 e. The minimum absolute atomic E-state index is 0.137. The molecule has 9 nitrogen and oxygen atoms in total. The van der Waals surface area contributed by atoms with Crippen molar-refractivity contribution in [2.45, 2.75) is 28.3 Å². The fraction of sp³-hybridized carbons (Fsp3) is 0.727. The zero-order valence-corrected chi connectivity index (χ0v) is 13.5. The number of carboxylic acids is 1. The number of amides is 1. The number of aromatic nitrogens is 4. The first kappa shape index (κ1) is 15.6. The summed E-state index contributed by atoms with van der Waals surface area (Å²) < 4.78 is 0.360. The Balaban J connectivity index is 1.76. The summed E-state index contributed by atoms with van der Waals surface area (Å²) in [6.07, 6.45) is -0.776. The van der Waals surface area contributed by atoms with E-state index in [9.17, 15) is 19.8 Å². The third-order valence-corrected chi connectivity index (χ3v) is 6.99. The second kappa shape index (κ2) is 5.39. The van der Waals surface area contributed by atoms with E-state index in [4.69, 9.17) is 0 Å². The SMILES string of the molecule is C[C@H](O)[C@@H]1C(=O)N2CC(CSc3nnnn3C)(C(=O)O)S[C@H]12. The average molecular weight is 345 g/mol. The molecule has 3 rings (SSSR count). The second-order valence-corrected chi connectivity index (χ2v) is 7.86. The third kappa shape index (κ3) is 2.27. The summed E-state index contributed by atoms with van der Waals surface area (Å²) in [5.74, 6) is -1.42. The van der Waals surface area contributed by atoms with Crippen molar-refractivity contribution in [2.24, 2.45) is 13.0 Å². The number of carbonyl (C=O) groups is 2. The lowest BCUT2D eigenvalue weighted by Gasteiger charge is -2.42. The van der Waals surface area contributed by atoms with Gasteiger partial charge in [0, 0.05) is 19.3 Å². The van der Waals surface area contributed by atoms with Crippen LogP contribution in [0.3, 0.4) is 0 Å². The molecule has 2 N–H and O–H groups in total. The Kier molecular flexibility index (Phi) is 3.81. The van der Waals surface area contributed by atoms with Gasteiger partial charge in [-0.1, -0.05) is 11.8 Å². The number of aliphatic hydroxyl groups excluding tert-OH is 1. The van der Waals surface area contributed by atoms with E-state index < -0.39 is 22.7 Å². The molecule has 22 heavy (non-hydrogen) atoms. The van der Waals surface area contributed by atoms with Gasteiger partial charge in [-0.05, 0) is 17.4 Å². The maximum Gasteiger partial charge on any atom is 0.322 e. The molecule has 1 aromatic heterocycles. The number of hydrogen-bond donors (Lipinski definition) is 2. The van der Waals surface area contributed by atoms with Crippen molar-refractivity contribution in [2.75, 3.05) is 12.3 Å². The summed E-state index contributed by atoms with van der Waals surface area (Å²) in [6.45, 7) is 1.69. The highest BCUT2D eigenvalue weighted by molar-refractivity contribution is 8.05. The fourth-order valence-electron chi connectivity index (χ4n) is 2.63. The monoisotopic (exact) mass is 345 g/mol. The van der Waals surface area contributed by atoms with Crippen LogP contribution in [0.15, 0.2) is 5.16 Å². The summed E-state index contributed by atoms with van der Waals surface area (Å²) >= 11 is 2.48. The van der Waals surface area contributed by atoms with Gasteiger partial charge in [-0.2, -0.15) is 0 Å². The number of tetrazole rings is 1. The predicted molar refractivity (Wildman–Crippen MR) is 78.2 cm³/mol. The molecule has 0 spiro atoms. The molecule has 2 aliphatic rings. The van der Waals surface area contributed by atoms with Gasteiger partial charge in [0.15, 0.2) is 0 Å². The van der Waals surface area contributed by atoms with Gasteiger partial charge in [0.25, 0.3) is 0 Å². The van der Waals surface area contributed by atoms with Crippen molar-refractivity contribution >= 4 is 35.4 Å². The average Bonchev–Trinajstić information content (AvgIpc) is 2.99. The fourth-order valence-corrected chi connectivity index (χ4v) is 5.54. The Morgan fingerprint density at radius 2 is 2.36 bits per heavy atom. The van der Waals surface area contributed by atoms with Crippen molar-refractivity contribution < 1.29 is 19.8 Å². The minimum atomic E-state index is -1.11. The number of carboxylic acid groups (broad SMARTS) is 1. The highest BCUT2D eigenvalue weighted by atomic mass is 32.2. The van der Waals surface area contributed by atoms with Crippen molar-refractivity contribution in [3.8, 4) is 0 Å². The highest BCUT2D eigenvalue weighted by Crippen LogP contribution is 2.52. The van der Waals surface area contributed by atoms with Crippen molar-refractivity contribution in [1.29, 1.82) is 0 Å². The number of hydrogen-bond acceptors (Lipinski definition) is 8. The number of β-lactam (4-membered cyclic amide) rings is 1. The molecule has 4 atom stereocenters. The van der Waals surface area contributed by atoms with Gasteiger partial charge in [0.2, 0.25) is 11.1 Å². The van der Waals surface area contributed by atoms with Gasteiger partial charge < -0.3 is 15.1 Å². The molecule has 1 amide bonds. The first-order valence-corrected chi connectivity index (χ1v) is 8.47. The lowest BCUT2D eigenvalue weighted by atomic mass is 9.92. The van der Waals surface area contributed by atoms with Gasteiger partial charge >= 0.3 is 5.97 Å². The molecule has 3 heterocycles. The van der Waals surface area contributed by atoms with E-state index in [2.05, 4.69) is 15.5 Å². The lowest BCUT2D eigenvalue weighted by molar-refractivity contribution is -0.156. The Labute approximate surface area is 134 Å². The largest absolute Gasteiger partial charge is 0.480 e. The second-order valence-electron chi connectivity index (χ2n) is 5.41. The summed E-state index contributed by atoms with van der Waals surface area (Å²) in [7, 11) is 1.68. The molecule has 0 radical (unpaired) electrons. The molecule has 1 aromatic rings. The summed E-state index contributed by atoms with van der Waals surface area (Å²) in [6, 6.07) is 0. The molecule has 1 unspecified atom stereocenters. The van der Waals surface area contributed by atoms with E-state index in [1.54, 1.807) is 14.0 Å². The molecule has 0 aliphatic carbocycles. The third-order valence-electron chi connectivity index (χ3n) is 3.88. The van der Waals surface area contributed by atoms with Crippen molar-refractivity contribution in [1.82, 2.24) is 25.1 Å². The van der Waals surface area contributed by atoms with Crippen LogP contribution in [-0.4, -0.2) is 75.7 Å². The van der Waals surface area contributed by atoms with Crippen LogP contribution in [0.4, 0.5) is 0 Å². The quantitative estimate of drug-likeness (QED) is 0.513. The maximum absolute atomic E-state index is 12.0. The Morgan fingerprint density at radius 3 is 2.91 bits per heavy atom. The molecule has 2 fully saturated rings. The number of thioether (sulfide) groups is 2. The van der Waals surface area contributed by atoms with Gasteiger partial charge in [-0.15, -0.1) is 16.9 Å². The zero-order valence-electron chi connectivity index (χ0n) is 11.9. The van der Waals surface area contributed by atoms with Gasteiger partial charge in [0.05, 0.1) is 17.4 Å². The standard InChI is InChI=1S/C11H15N5O4S2/c1-5(17)6-7(18)16-3-11(9(19)20,22-8(6)16)4-21-10-12-13-14-15(10)2/h5-6,8,17H,3-4H2,1-2H3,(H,19,20)/t5-,6+,8+,11?/m0/s1. The van der Waals surface area contributed by atoms with E-state index in [0.717, 1.165) is 0 Å². The van der Waals surface area contributed by atoms with Crippen LogP contribution in [0.25, 0.3) is 0 Å². The number of aliphatic hydroxyl groups is 1. The molecule has 0 aromatic carbocycles. The van der Waals surface area contributed by atoms with Crippen molar-refractivity contribution in [3.63, 3.8) is 0 Å². The molecule has 11 heteroatoms. The van der Waals surface area contributed by atoms with Crippen LogP contribution in [-0.2, 0) is 16.6 Å². The topological polar surface area (TPSA) is 121 Å². The predicted octanol–water partition coefficient (Wildman–Crippen LogP) is -0.962. The van der Waals surface area contributed by atoms with Crippen LogP contribution in [0.5, 0.6) is 0 Å². The molecule has 120 valence electrons. The van der Waals surface area contributed by atoms with Crippen molar-refractivity contribution in [3.05, 3.63) is 0 Å². The number of aliphatic carboxylic acids is 1. The van der Waals surface area contributed by atoms with Crippen LogP contribution in [0.2, 0.25) is 0 Å². The molecule has 0 saturated carbocycles. The van der Waals surface area contributed by atoms with Crippen LogP contribution in [0.1, 0.15) is 6.92 Å². The number of nitrogens with zero attached hydrogens (tertiary/aromatic N) is 5. The molecule has 2 saturated heterocycles. The lowest BCUT2D eigenvalue weighted by Crippen LogP contribution is -2.60. The molecule has 0 bridgehead atoms. The van der Waals surface area contributed by atoms with Gasteiger partial charge in [-0.25, -0.2) is 4.68 Å². The number of fused-ring (bicyclic) bond motifs is 1. The van der Waals surface area contributed by atoms with E-state index in [0.29, 0.717) is 5.16 Å². The van der Waals surface area contributed by atoms with E-state index >= 15 is 0 Å². The van der Waals surface area contributed by atoms with Crippen LogP contribution in [0, 0.1) is 5.92 Å². The van der Waals surface area contributed by atoms with Crippen LogP contribution < -0.4 is 0 Å². The summed E-state index contributed by atoms with van der Waals surface area (Å²) in [5, 5.41) is 30.6. The maximum atomic E-state index is 12.0. The summed E-state index contributed by atoms with van der Waals surface area (Å²) in [5.41, 5.74) is 0. The Morgan fingerprint density at radius 1 is 1.64 bits per heavy atom. The number of aryl methyl sites for hydroxylation is 1. The first-order valence-electron chi connectivity index (χ1n) is 6.60. The molecule has 2 aliphatic heterocycles. The zero-order chi connectivity index (χ0) is 16.1. The normalized spacial score (nSPS) is 31.8. The first-order chi connectivity index (χ1) is 10.4. The Hall–Kier alpha value is -1.33. The Bertz CT molecular complexity index is 623. The van der Waals surface area contributed by atoms with E-state index in [1.165, 1.54) is 33.1 Å². The smallest absolute Gasteiger partial charge is 0.322 e. The summed E-state index contributed by atoms with van der Waals surface area (Å²) in [4.78, 5) is 25.3. The molecular formula is C11H15N5O4S2. The van der Waals surface area contributed by atoms with Crippen LogP contribution >= 0.6 is 23.5 Å². The number of rotatable bonds is 5. The van der Waals surface area contributed by atoms with E-state index in [-0.39, 0.29) is 23.6 Å². The van der Waals surface area contributed by atoms with E-state index in [1.807, 2.05) is 0 Å². The van der Waals surface area contributed by atoms with Gasteiger partial charge in [0.1, 0.15) is 4.75 Å². The van der Waals surface area contributed by atoms with Gasteiger partial charge in [-0.3, -0.25) is 9.59 Å².